The second-order valence-corrected chi connectivity index (χ2v) is 9.97. The Labute approximate surface area is 227 Å². The molecule has 0 saturated carbocycles. The summed E-state index contributed by atoms with van der Waals surface area (Å²) < 4.78 is 2.31. The first kappa shape index (κ1) is 24.2. The summed E-state index contributed by atoms with van der Waals surface area (Å²) in [6, 6.07) is 35.6. The van der Waals surface area contributed by atoms with Crippen LogP contribution < -0.4 is 10.6 Å². The summed E-state index contributed by atoms with van der Waals surface area (Å²) in [4.78, 5) is 14.0. The van der Waals surface area contributed by atoms with Crippen LogP contribution in [0.25, 0.3) is 11.1 Å². The van der Waals surface area contributed by atoms with E-state index < -0.39 is 0 Å². The Balaban J connectivity index is 1.73. The van der Waals surface area contributed by atoms with E-state index >= 15 is 0 Å². The van der Waals surface area contributed by atoms with Gasteiger partial charge in [0.15, 0.2) is 5.78 Å². The molecule has 168 valence electrons. The van der Waals surface area contributed by atoms with E-state index in [9.17, 15) is 4.79 Å². The number of hydrogen-bond acceptors (Lipinski definition) is 3. The van der Waals surface area contributed by atoms with E-state index in [0.717, 1.165) is 29.6 Å². The van der Waals surface area contributed by atoms with Gasteiger partial charge in [0.2, 0.25) is 0 Å². The number of rotatable bonds is 8. The molecule has 0 aliphatic carbocycles. The number of nitrogens with one attached hydrogen (secondary N) is 2. The molecule has 0 unspecified atom stereocenters. The second-order valence-electron chi connectivity index (χ2n) is 7.48. The van der Waals surface area contributed by atoms with Gasteiger partial charge in [-0.1, -0.05) is 60.7 Å². The van der Waals surface area contributed by atoms with Gasteiger partial charge in [-0.15, -0.1) is 0 Å². The molecule has 5 heteroatoms. The molecule has 0 saturated heterocycles. The zero-order valence-electron chi connectivity index (χ0n) is 18.2. The highest BCUT2D eigenvalue weighted by molar-refractivity contribution is 14.1. The van der Waals surface area contributed by atoms with E-state index in [0.29, 0.717) is 11.1 Å². The standard InChI is InChI=1S/C29H22I2N2O/c30-23-11-15-25(16-12-23)32-19-27(21-7-3-1-4-8-21)29(34)28(22-9-5-2-6-10-22)20-33-26-17-13-24(31)14-18-26/h1-20,32-33H/b27-19-,28-20-. The van der Waals surface area contributed by atoms with Crippen LogP contribution in [-0.4, -0.2) is 5.78 Å². The van der Waals surface area contributed by atoms with Crippen LogP contribution >= 0.6 is 45.2 Å². The maximum atomic E-state index is 14.0. The Morgan fingerprint density at radius 1 is 0.529 bits per heavy atom. The summed E-state index contributed by atoms with van der Waals surface area (Å²) in [6.45, 7) is 0. The van der Waals surface area contributed by atoms with Gasteiger partial charge in [0.25, 0.3) is 0 Å². The van der Waals surface area contributed by atoms with Crippen LogP contribution in [0.2, 0.25) is 0 Å². The molecule has 0 amide bonds. The first-order chi connectivity index (χ1) is 16.6. The molecule has 0 radical (unpaired) electrons. The fraction of sp³-hybridized carbons (Fsp3) is 0. The van der Waals surface area contributed by atoms with Crippen molar-refractivity contribution in [1.29, 1.82) is 0 Å². The first-order valence-electron chi connectivity index (χ1n) is 10.7. The van der Waals surface area contributed by atoms with Gasteiger partial charge in [0, 0.05) is 42.1 Å². The van der Waals surface area contributed by atoms with Crippen LogP contribution in [0.15, 0.2) is 122 Å². The van der Waals surface area contributed by atoms with Crippen molar-refractivity contribution in [3.8, 4) is 0 Å². The minimum Gasteiger partial charge on any atom is -0.361 e. The Morgan fingerprint density at radius 2 is 0.882 bits per heavy atom. The molecule has 4 aromatic carbocycles. The van der Waals surface area contributed by atoms with Crippen LogP contribution in [0.3, 0.4) is 0 Å². The molecule has 0 bridgehead atoms. The smallest absolute Gasteiger partial charge is 0.197 e. The van der Waals surface area contributed by atoms with Gasteiger partial charge in [-0.3, -0.25) is 4.79 Å². The Morgan fingerprint density at radius 3 is 1.24 bits per heavy atom. The van der Waals surface area contributed by atoms with Crippen LogP contribution in [-0.2, 0) is 4.79 Å². The Hall–Kier alpha value is -2.91. The van der Waals surface area contributed by atoms with Gasteiger partial charge in [-0.25, -0.2) is 0 Å². The molecule has 34 heavy (non-hydrogen) atoms. The lowest BCUT2D eigenvalue weighted by atomic mass is 9.93. The number of anilines is 2. The lowest BCUT2D eigenvalue weighted by Gasteiger charge is -2.13. The minimum atomic E-state index is -0.0755. The Bertz CT molecular complexity index is 1200. The number of Topliss-reactive ketones (excluding diaryl/α,β-unsaturated/α-hetero) is 1. The number of ketones is 1. The molecule has 0 aliphatic rings. The monoisotopic (exact) mass is 668 g/mol. The van der Waals surface area contributed by atoms with Gasteiger partial charge in [0.1, 0.15) is 0 Å². The Kier molecular flexibility index (Phi) is 8.54. The lowest BCUT2D eigenvalue weighted by molar-refractivity contribution is -0.108. The molecule has 3 nitrogen and oxygen atoms in total. The van der Waals surface area contributed by atoms with E-state index in [2.05, 4.69) is 55.8 Å². The quantitative estimate of drug-likeness (QED) is 0.148. The molecular formula is C29H22I2N2O. The maximum Gasteiger partial charge on any atom is 0.197 e. The number of carbonyl (C=O) groups is 1. The molecule has 0 fully saturated rings. The van der Waals surface area contributed by atoms with Crippen LogP contribution in [0.4, 0.5) is 11.4 Å². The SMILES string of the molecule is O=C(/C(=C\Nc1ccc(I)cc1)c1ccccc1)/C(=C\Nc1ccc(I)cc1)c1ccccc1. The van der Waals surface area contributed by atoms with Crippen molar-refractivity contribution in [3.63, 3.8) is 0 Å². The lowest BCUT2D eigenvalue weighted by Crippen LogP contribution is -2.09. The molecule has 0 atom stereocenters. The highest BCUT2D eigenvalue weighted by Gasteiger charge is 2.19. The summed E-state index contributed by atoms with van der Waals surface area (Å²) in [5, 5.41) is 6.61. The molecule has 0 heterocycles. The molecule has 4 rings (SSSR count). The van der Waals surface area contributed by atoms with Crippen LogP contribution in [0, 0.1) is 7.14 Å². The van der Waals surface area contributed by atoms with E-state index in [4.69, 9.17) is 0 Å². The minimum absolute atomic E-state index is 0.0755. The summed E-state index contributed by atoms with van der Waals surface area (Å²) >= 11 is 4.55. The molecule has 0 spiro atoms. The fourth-order valence-electron chi connectivity index (χ4n) is 3.34. The second kappa shape index (κ2) is 12.0. The zero-order chi connectivity index (χ0) is 23.8. The fourth-order valence-corrected chi connectivity index (χ4v) is 4.06. The van der Waals surface area contributed by atoms with Crippen molar-refractivity contribution in [2.75, 3.05) is 10.6 Å². The number of halogens is 2. The summed E-state index contributed by atoms with van der Waals surface area (Å²) in [6.07, 6.45) is 3.59. The first-order valence-corrected chi connectivity index (χ1v) is 12.9. The largest absolute Gasteiger partial charge is 0.361 e. The van der Waals surface area contributed by atoms with E-state index in [1.165, 1.54) is 0 Å². The topological polar surface area (TPSA) is 41.1 Å². The third-order valence-corrected chi connectivity index (χ3v) is 6.55. The number of allylic oxidation sites excluding steroid dienone is 2. The highest BCUT2D eigenvalue weighted by Crippen LogP contribution is 2.26. The predicted octanol–water partition coefficient (Wildman–Crippen LogP) is 8.07. The van der Waals surface area contributed by atoms with Crippen molar-refractivity contribution in [2.24, 2.45) is 0 Å². The van der Waals surface area contributed by atoms with Crippen molar-refractivity contribution in [2.45, 2.75) is 0 Å². The normalized spacial score (nSPS) is 11.7. The van der Waals surface area contributed by atoms with Crippen molar-refractivity contribution in [1.82, 2.24) is 0 Å². The van der Waals surface area contributed by atoms with E-state index in [1.807, 2.05) is 109 Å². The summed E-state index contributed by atoms with van der Waals surface area (Å²) in [7, 11) is 0. The zero-order valence-corrected chi connectivity index (χ0v) is 22.5. The van der Waals surface area contributed by atoms with Gasteiger partial charge in [-0.2, -0.15) is 0 Å². The van der Waals surface area contributed by atoms with Crippen LogP contribution in [0.1, 0.15) is 11.1 Å². The number of benzene rings is 4. The summed E-state index contributed by atoms with van der Waals surface area (Å²) in [5.41, 5.74) is 4.70. The van der Waals surface area contributed by atoms with E-state index in [-0.39, 0.29) is 5.78 Å². The number of hydrogen-bond donors (Lipinski definition) is 2. The number of carbonyl (C=O) groups excluding carboxylic acids is 1. The van der Waals surface area contributed by atoms with Gasteiger partial charge in [-0.05, 0) is 105 Å². The van der Waals surface area contributed by atoms with Gasteiger partial charge < -0.3 is 10.6 Å². The maximum absolute atomic E-state index is 14.0. The third-order valence-electron chi connectivity index (χ3n) is 5.11. The molecule has 2 N–H and O–H groups in total. The van der Waals surface area contributed by atoms with Crippen molar-refractivity contribution < 1.29 is 4.79 Å². The highest BCUT2D eigenvalue weighted by atomic mass is 127. The summed E-state index contributed by atoms with van der Waals surface area (Å²) in [5.74, 6) is -0.0755. The molecule has 0 aromatic heterocycles. The molecule has 0 aliphatic heterocycles. The third kappa shape index (κ3) is 6.57. The predicted molar refractivity (Wildman–Crippen MR) is 159 cm³/mol. The van der Waals surface area contributed by atoms with Crippen LogP contribution in [0.5, 0.6) is 0 Å². The van der Waals surface area contributed by atoms with Crippen molar-refractivity contribution in [3.05, 3.63) is 140 Å². The van der Waals surface area contributed by atoms with Gasteiger partial charge >= 0.3 is 0 Å². The average molecular weight is 668 g/mol. The molecular weight excluding hydrogens is 646 g/mol. The average Bonchev–Trinajstić information content (AvgIpc) is 2.88. The van der Waals surface area contributed by atoms with Gasteiger partial charge in [0.05, 0.1) is 0 Å². The van der Waals surface area contributed by atoms with Crippen molar-refractivity contribution >= 4 is 73.5 Å². The molecule has 4 aromatic rings. The van der Waals surface area contributed by atoms with E-state index in [1.54, 1.807) is 12.4 Å².